The van der Waals surface area contributed by atoms with E-state index in [1.165, 1.54) is 6.92 Å². The van der Waals surface area contributed by atoms with Gasteiger partial charge in [-0.3, -0.25) is 9.59 Å². The summed E-state index contributed by atoms with van der Waals surface area (Å²) in [6.07, 6.45) is 0. The van der Waals surface area contributed by atoms with Crippen molar-refractivity contribution in [1.82, 2.24) is 10.3 Å². The molecule has 5 nitrogen and oxygen atoms in total. The molecule has 0 aliphatic carbocycles. The first-order valence-corrected chi connectivity index (χ1v) is 5.60. The Hall–Kier alpha value is -2.30. The highest BCUT2D eigenvalue weighted by atomic mass is 16.4. The van der Waals surface area contributed by atoms with E-state index in [2.05, 4.69) is 10.3 Å². The van der Waals surface area contributed by atoms with E-state index in [0.717, 1.165) is 16.5 Å². The van der Waals surface area contributed by atoms with Crippen molar-refractivity contribution in [3.8, 4) is 0 Å². The first kappa shape index (κ1) is 12.2. The molecule has 1 atom stereocenters. The average molecular weight is 246 g/mol. The molecule has 0 aliphatic rings. The maximum absolute atomic E-state index is 11.8. The van der Waals surface area contributed by atoms with Crippen molar-refractivity contribution in [2.45, 2.75) is 19.9 Å². The average Bonchev–Trinajstić information content (AvgIpc) is 2.71. The summed E-state index contributed by atoms with van der Waals surface area (Å²) in [5.41, 5.74) is 2.32. The van der Waals surface area contributed by atoms with Crippen LogP contribution in [0.2, 0.25) is 0 Å². The van der Waals surface area contributed by atoms with Crippen LogP contribution in [0.1, 0.15) is 23.0 Å². The largest absolute Gasteiger partial charge is 0.480 e. The minimum Gasteiger partial charge on any atom is -0.480 e. The van der Waals surface area contributed by atoms with Crippen molar-refractivity contribution in [2.24, 2.45) is 0 Å². The summed E-state index contributed by atoms with van der Waals surface area (Å²) >= 11 is 0. The van der Waals surface area contributed by atoms with Crippen LogP contribution in [0.25, 0.3) is 10.9 Å². The van der Waals surface area contributed by atoms with Crippen molar-refractivity contribution < 1.29 is 14.7 Å². The van der Waals surface area contributed by atoms with E-state index in [9.17, 15) is 9.59 Å². The van der Waals surface area contributed by atoms with E-state index < -0.39 is 17.9 Å². The number of aromatic nitrogens is 1. The number of fused-ring (bicyclic) bond motifs is 1. The predicted molar refractivity (Wildman–Crippen MR) is 67.6 cm³/mol. The maximum atomic E-state index is 11.8. The van der Waals surface area contributed by atoms with Gasteiger partial charge in [-0.15, -0.1) is 0 Å². The summed E-state index contributed by atoms with van der Waals surface area (Å²) in [6, 6.07) is 6.60. The van der Waals surface area contributed by atoms with Gasteiger partial charge in [0, 0.05) is 10.9 Å². The van der Waals surface area contributed by atoms with Crippen LogP contribution in [-0.4, -0.2) is 28.0 Å². The summed E-state index contributed by atoms with van der Waals surface area (Å²) in [7, 11) is 0. The topological polar surface area (TPSA) is 82.2 Å². The molecule has 1 amide bonds. The second-order valence-corrected chi connectivity index (χ2v) is 4.31. The summed E-state index contributed by atoms with van der Waals surface area (Å²) < 4.78 is 0. The first-order valence-electron chi connectivity index (χ1n) is 5.60. The molecule has 18 heavy (non-hydrogen) atoms. The summed E-state index contributed by atoms with van der Waals surface area (Å²) in [5.74, 6) is -1.48. The van der Waals surface area contributed by atoms with E-state index in [0.29, 0.717) is 5.69 Å². The number of carbonyl (C=O) groups is 2. The number of nitrogens with one attached hydrogen (secondary N) is 2. The van der Waals surface area contributed by atoms with Crippen LogP contribution in [0, 0.1) is 6.92 Å². The van der Waals surface area contributed by atoms with Crippen LogP contribution in [-0.2, 0) is 4.79 Å². The molecule has 1 aromatic heterocycles. The van der Waals surface area contributed by atoms with E-state index in [1.54, 1.807) is 6.07 Å². The summed E-state index contributed by atoms with van der Waals surface area (Å²) in [5, 5.41) is 12.1. The molecular formula is C13H14N2O3. The van der Waals surface area contributed by atoms with E-state index >= 15 is 0 Å². The van der Waals surface area contributed by atoms with Gasteiger partial charge < -0.3 is 15.4 Å². The number of aliphatic carboxylic acids is 1. The van der Waals surface area contributed by atoms with E-state index in [1.807, 2.05) is 25.1 Å². The lowest BCUT2D eigenvalue weighted by Gasteiger charge is -2.07. The van der Waals surface area contributed by atoms with Crippen molar-refractivity contribution >= 4 is 22.8 Å². The molecule has 0 spiro atoms. The minimum atomic E-state index is -1.06. The molecule has 1 aromatic carbocycles. The third-order valence-electron chi connectivity index (χ3n) is 2.74. The molecule has 0 radical (unpaired) electrons. The van der Waals surface area contributed by atoms with Crippen molar-refractivity contribution in [3.63, 3.8) is 0 Å². The third kappa shape index (κ3) is 2.34. The third-order valence-corrected chi connectivity index (χ3v) is 2.74. The lowest BCUT2D eigenvalue weighted by molar-refractivity contribution is -0.138. The maximum Gasteiger partial charge on any atom is 0.325 e. The highest BCUT2D eigenvalue weighted by Gasteiger charge is 2.16. The Kier molecular flexibility index (Phi) is 3.06. The number of hydrogen-bond donors (Lipinski definition) is 3. The van der Waals surface area contributed by atoms with Gasteiger partial charge in [-0.2, -0.15) is 0 Å². The number of carbonyl (C=O) groups excluding carboxylic acids is 1. The van der Waals surface area contributed by atoms with E-state index in [4.69, 9.17) is 5.11 Å². The van der Waals surface area contributed by atoms with Gasteiger partial charge in [-0.1, -0.05) is 12.1 Å². The van der Waals surface area contributed by atoms with Gasteiger partial charge in [0.1, 0.15) is 11.7 Å². The molecule has 1 unspecified atom stereocenters. The predicted octanol–water partition coefficient (Wildman–Crippen LogP) is 1.68. The van der Waals surface area contributed by atoms with E-state index in [-0.39, 0.29) is 0 Å². The molecule has 2 rings (SSSR count). The number of carboxylic acid groups (broad SMARTS) is 1. The number of aryl methyl sites for hydroxylation is 1. The number of H-pyrrole nitrogens is 1. The Morgan fingerprint density at radius 1 is 1.33 bits per heavy atom. The number of amides is 1. The lowest BCUT2D eigenvalue weighted by Crippen LogP contribution is -2.38. The molecule has 94 valence electrons. The van der Waals surface area contributed by atoms with Crippen LogP contribution in [0.5, 0.6) is 0 Å². The Morgan fingerprint density at radius 2 is 2.06 bits per heavy atom. The molecule has 0 bridgehead atoms. The molecule has 3 N–H and O–H groups in total. The normalized spacial score (nSPS) is 12.3. The van der Waals surface area contributed by atoms with Gasteiger partial charge in [0.05, 0.1) is 0 Å². The van der Waals surface area contributed by atoms with Crippen LogP contribution >= 0.6 is 0 Å². The van der Waals surface area contributed by atoms with Gasteiger partial charge >= 0.3 is 5.97 Å². The van der Waals surface area contributed by atoms with Crippen LogP contribution in [0.4, 0.5) is 0 Å². The van der Waals surface area contributed by atoms with Gasteiger partial charge in [0.15, 0.2) is 0 Å². The highest BCUT2D eigenvalue weighted by molar-refractivity contribution is 5.99. The molecule has 2 aromatic rings. The Morgan fingerprint density at radius 3 is 2.72 bits per heavy atom. The molecule has 0 saturated heterocycles. The van der Waals surface area contributed by atoms with Crippen molar-refractivity contribution in [2.75, 3.05) is 0 Å². The Balaban J connectivity index is 2.26. The standard InChI is InChI=1S/C13H14N2O3/c1-7-3-4-9-6-11(15-10(9)5-7)12(16)14-8(2)13(17)18/h3-6,8,15H,1-2H3,(H,14,16)(H,17,18). The number of benzene rings is 1. The fraction of sp³-hybridized carbons (Fsp3) is 0.231. The van der Waals surface area contributed by atoms with Crippen LogP contribution in [0.15, 0.2) is 24.3 Å². The number of aromatic amines is 1. The highest BCUT2D eigenvalue weighted by Crippen LogP contribution is 2.16. The Bertz CT molecular complexity index is 616. The van der Waals surface area contributed by atoms with Crippen molar-refractivity contribution in [1.29, 1.82) is 0 Å². The smallest absolute Gasteiger partial charge is 0.325 e. The molecule has 0 saturated carbocycles. The monoisotopic (exact) mass is 246 g/mol. The molecule has 1 heterocycles. The zero-order valence-corrected chi connectivity index (χ0v) is 10.2. The molecule has 0 fully saturated rings. The minimum absolute atomic E-state index is 0.365. The van der Waals surface area contributed by atoms with Gasteiger partial charge in [-0.05, 0) is 31.5 Å². The van der Waals surface area contributed by atoms with Gasteiger partial charge in [0.2, 0.25) is 0 Å². The quantitative estimate of drug-likeness (QED) is 0.770. The van der Waals surface area contributed by atoms with Crippen LogP contribution < -0.4 is 5.32 Å². The number of hydrogen-bond acceptors (Lipinski definition) is 2. The number of rotatable bonds is 3. The lowest BCUT2D eigenvalue weighted by atomic mass is 10.2. The summed E-state index contributed by atoms with van der Waals surface area (Å²) in [4.78, 5) is 25.4. The van der Waals surface area contributed by atoms with Crippen molar-refractivity contribution in [3.05, 3.63) is 35.5 Å². The van der Waals surface area contributed by atoms with Crippen LogP contribution in [0.3, 0.4) is 0 Å². The fourth-order valence-electron chi connectivity index (χ4n) is 1.70. The summed E-state index contributed by atoms with van der Waals surface area (Å²) in [6.45, 7) is 3.39. The SMILES string of the molecule is Cc1ccc2cc(C(=O)NC(C)C(=O)O)[nH]c2c1. The molecule has 0 aliphatic heterocycles. The zero-order chi connectivity index (χ0) is 13.3. The number of carboxylic acids is 1. The second kappa shape index (κ2) is 4.52. The second-order valence-electron chi connectivity index (χ2n) is 4.31. The molecule has 5 heteroatoms. The first-order chi connectivity index (χ1) is 8.47. The zero-order valence-electron chi connectivity index (χ0n) is 10.2. The molecular weight excluding hydrogens is 232 g/mol. The fourth-order valence-corrected chi connectivity index (χ4v) is 1.70. The van der Waals surface area contributed by atoms with Gasteiger partial charge in [-0.25, -0.2) is 0 Å². The van der Waals surface area contributed by atoms with Gasteiger partial charge in [0.25, 0.3) is 5.91 Å². The Labute approximate surface area is 104 Å².